The molecule has 8 rings (SSSR count). The lowest BCUT2D eigenvalue weighted by atomic mass is 9.91. The van der Waals surface area contributed by atoms with Crippen molar-refractivity contribution in [3.8, 4) is 16.9 Å². The van der Waals surface area contributed by atoms with Gasteiger partial charge in [0.15, 0.2) is 5.75 Å². The topological polar surface area (TPSA) is 80.1 Å². The molecule has 248 valence electrons. The van der Waals surface area contributed by atoms with Crippen LogP contribution in [-0.4, -0.2) is 88.9 Å². The molecule has 5 heterocycles. The number of rotatable bonds is 8. The zero-order valence-electron chi connectivity index (χ0n) is 27.0. The number of morpholine rings is 1. The van der Waals surface area contributed by atoms with Gasteiger partial charge in [-0.2, -0.15) is 4.98 Å². The number of anilines is 1. The number of halogens is 2. The summed E-state index contributed by atoms with van der Waals surface area (Å²) in [5, 5.41) is 0.786. The largest absolute Gasteiger partial charge is 0.489 e. The maximum Gasteiger partial charge on any atom is 0.350 e. The Morgan fingerprint density at radius 3 is 2.64 bits per heavy atom. The summed E-state index contributed by atoms with van der Waals surface area (Å²) in [6, 6.07) is 5.69. The van der Waals surface area contributed by atoms with Crippen LogP contribution in [0, 0.1) is 11.6 Å². The van der Waals surface area contributed by atoms with Crippen molar-refractivity contribution in [2.75, 3.05) is 44.3 Å². The van der Waals surface area contributed by atoms with Crippen molar-refractivity contribution in [3.63, 3.8) is 0 Å². The normalized spacial score (nSPS) is 27.0. The minimum Gasteiger partial charge on any atom is -0.489 e. The summed E-state index contributed by atoms with van der Waals surface area (Å²) in [6.07, 6.45) is 6.27. The van der Waals surface area contributed by atoms with Crippen LogP contribution in [0.5, 0.6) is 5.75 Å². The molecule has 2 bridgehead atoms. The van der Waals surface area contributed by atoms with Crippen molar-refractivity contribution in [3.05, 3.63) is 64.6 Å². The minimum atomic E-state index is -0.661. The van der Waals surface area contributed by atoms with Gasteiger partial charge in [0.25, 0.3) is 0 Å². The van der Waals surface area contributed by atoms with Crippen molar-refractivity contribution in [2.24, 2.45) is 0 Å². The number of carbonyl (C=O) groups excluding carboxylic acids is 1. The second-order valence-electron chi connectivity index (χ2n) is 14.0. The molecule has 1 aliphatic carbocycles. The molecule has 4 fully saturated rings. The third-order valence-corrected chi connectivity index (χ3v) is 10.9. The van der Waals surface area contributed by atoms with Crippen molar-refractivity contribution in [2.45, 2.75) is 82.1 Å². The fourth-order valence-corrected chi connectivity index (χ4v) is 8.36. The molecular weight excluding hydrogens is 604 g/mol. The molecule has 3 aromatic rings. The molecule has 0 radical (unpaired) electrons. The lowest BCUT2D eigenvalue weighted by molar-refractivity contribution is -0.128. The number of piperazine rings is 1. The van der Waals surface area contributed by atoms with Crippen LogP contribution < -0.4 is 15.3 Å². The van der Waals surface area contributed by atoms with E-state index < -0.39 is 11.6 Å². The van der Waals surface area contributed by atoms with Crippen LogP contribution >= 0.6 is 0 Å². The smallest absolute Gasteiger partial charge is 0.350 e. The second kappa shape index (κ2) is 11.7. The first kappa shape index (κ1) is 30.5. The molecule has 47 heavy (non-hydrogen) atoms. The highest BCUT2D eigenvalue weighted by molar-refractivity contribution is 6.01. The number of ether oxygens (including phenoxy) is 2. The van der Waals surface area contributed by atoms with E-state index in [1.807, 2.05) is 13.8 Å². The third-order valence-electron chi connectivity index (χ3n) is 10.9. The molecule has 0 N–H and O–H groups in total. The first-order valence-corrected chi connectivity index (χ1v) is 17.0. The van der Waals surface area contributed by atoms with Gasteiger partial charge in [0.1, 0.15) is 24.1 Å². The van der Waals surface area contributed by atoms with E-state index in [2.05, 4.69) is 22.4 Å². The zero-order valence-corrected chi connectivity index (χ0v) is 27.0. The lowest BCUT2D eigenvalue weighted by Gasteiger charge is -2.45. The summed E-state index contributed by atoms with van der Waals surface area (Å²) in [6.45, 7) is 11.6. The fourth-order valence-electron chi connectivity index (χ4n) is 8.36. The van der Waals surface area contributed by atoms with Crippen molar-refractivity contribution in [1.29, 1.82) is 0 Å². The van der Waals surface area contributed by atoms with Crippen LogP contribution in [-0.2, 0) is 9.53 Å². The molecule has 5 aliphatic rings. The molecule has 1 amide bonds. The summed E-state index contributed by atoms with van der Waals surface area (Å²) in [5.41, 5.74) is 2.03. The Kier molecular flexibility index (Phi) is 7.59. The van der Waals surface area contributed by atoms with Gasteiger partial charge in [0.2, 0.25) is 5.91 Å². The van der Waals surface area contributed by atoms with Gasteiger partial charge in [-0.15, -0.1) is 0 Å². The highest BCUT2D eigenvalue weighted by Gasteiger charge is 2.40. The standard InChI is InChI=1S/C36H41F2N5O4/c1-4-31(44)41-15-21(3)42(16-20(41)2)35-29-14-28(22-7-8-22)32(27-10-9-23(37)12-30(27)38)34-33(29)43(36(45)39-35)24(18-47-34)6-5-11-40-17-26-13-25(40)19-46-26/h4,9-10,12,14,20-22,24-26H,1,5-8,11,13,15-19H2,2-3H3/t20-,21+,24-,25+,26+/m1/s1. The van der Waals surface area contributed by atoms with Gasteiger partial charge in [-0.25, -0.2) is 13.6 Å². The molecule has 11 heteroatoms. The zero-order chi connectivity index (χ0) is 32.6. The molecule has 5 atom stereocenters. The molecule has 1 aromatic heterocycles. The van der Waals surface area contributed by atoms with Gasteiger partial charge in [-0.05, 0) is 88.3 Å². The van der Waals surface area contributed by atoms with E-state index >= 15 is 4.39 Å². The molecular formula is C36H41F2N5O4. The molecule has 3 saturated heterocycles. The summed E-state index contributed by atoms with van der Waals surface area (Å²) >= 11 is 0. The molecule has 9 nitrogen and oxygen atoms in total. The quantitative estimate of drug-likeness (QED) is 0.319. The average molecular weight is 646 g/mol. The highest BCUT2D eigenvalue weighted by Crippen LogP contribution is 2.53. The van der Waals surface area contributed by atoms with Gasteiger partial charge in [0, 0.05) is 60.3 Å². The van der Waals surface area contributed by atoms with Crippen LogP contribution in [0.4, 0.5) is 14.6 Å². The predicted molar refractivity (Wildman–Crippen MR) is 175 cm³/mol. The van der Waals surface area contributed by atoms with Crippen LogP contribution in [0.3, 0.4) is 0 Å². The van der Waals surface area contributed by atoms with Crippen molar-refractivity contribution < 1.29 is 23.0 Å². The van der Waals surface area contributed by atoms with Crippen LogP contribution in [0.15, 0.2) is 41.7 Å². The van der Waals surface area contributed by atoms with Gasteiger partial charge >= 0.3 is 5.69 Å². The Bertz CT molecular complexity index is 1830. The van der Waals surface area contributed by atoms with E-state index in [1.54, 1.807) is 9.47 Å². The van der Waals surface area contributed by atoms with Crippen molar-refractivity contribution >= 4 is 22.6 Å². The number of hydrogen-bond acceptors (Lipinski definition) is 7. The van der Waals surface area contributed by atoms with E-state index in [0.29, 0.717) is 47.9 Å². The second-order valence-corrected chi connectivity index (χ2v) is 14.0. The Morgan fingerprint density at radius 1 is 1.11 bits per heavy atom. The fraction of sp³-hybridized carbons (Fsp3) is 0.528. The summed E-state index contributed by atoms with van der Waals surface area (Å²) in [7, 11) is 0. The number of aromatic nitrogens is 2. The Morgan fingerprint density at radius 2 is 1.94 bits per heavy atom. The Balaban J connectivity index is 1.25. The van der Waals surface area contributed by atoms with Gasteiger partial charge < -0.3 is 19.3 Å². The number of benzene rings is 2. The number of amides is 1. The summed E-state index contributed by atoms with van der Waals surface area (Å²) in [4.78, 5) is 38.0. The van der Waals surface area contributed by atoms with E-state index in [4.69, 9.17) is 14.5 Å². The van der Waals surface area contributed by atoms with E-state index in [0.717, 1.165) is 68.8 Å². The summed E-state index contributed by atoms with van der Waals surface area (Å²) in [5.74, 6) is -0.219. The number of hydrogen-bond donors (Lipinski definition) is 0. The Hall–Kier alpha value is -3.83. The van der Waals surface area contributed by atoms with Crippen molar-refractivity contribution in [1.82, 2.24) is 19.4 Å². The SMILES string of the molecule is C=CC(=O)N1C[C@H](C)N(c2nc(=O)n3c4c(c(-c5ccc(F)cc5F)c(C5CC5)cc24)OC[C@H]3CCCN2C[C@@H]3C[C@H]2CO3)C[C@H]1C. The number of fused-ring (bicyclic) bond motifs is 2. The van der Waals surface area contributed by atoms with Gasteiger partial charge in [-0.1, -0.05) is 6.58 Å². The lowest BCUT2D eigenvalue weighted by Crippen LogP contribution is -2.58. The number of likely N-dealkylation sites (tertiary alicyclic amines) is 1. The highest BCUT2D eigenvalue weighted by atomic mass is 19.1. The van der Waals surface area contributed by atoms with Crippen LogP contribution in [0.1, 0.15) is 63.5 Å². The van der Waals surface area contributed by atoms with Crippen LogP contribution in [0.2, 0.25) is 0 Å². The van der Waals surface area contributed by atoms with E-state index in [1.165, 1.54) is 18.2 Å². The number of carbonyl (C=O) groups is 1. The maximum atomic E-state index is 15.5. The molecule has 4 aliphatic heterocycles. The average Bonchev–Trinajstić information content (AvgIpc) is 3.69. The predicted octanol–water partition coefficient (Wildman–Crippen LogP) is 5.02. The van der Waals surface area contributed by atoms with E-state index in [-0.39, 0.29) is 47.8 Å². The van der Waals surface area contributed by atoms with E-state index in [9.17, 15) is 14.0 Å². The molecule has 1 saturated carbocycles. The summed E-state index contributed by atoms with van der Waals surface area (Å²) < 4.78 is 43.8. The first-order valence-electron chi connectivity index (χ1n) is 17.0. The maximum absolute atomic E-state index is 15.5. The monoisotopic (exact) mass is 645 g/mol. The molecule has 2 aromatic carbocycles. The Labute approximate surface area is 272 Å². The third kappa shape index (κ3) is 5.22. The van der Waals surface area contributed by atoms with Gasteiger partial charge in [-0.3, -0.25) is 14.3 Å². The molecule has 0 unspecified atom stereocenters. The van der Waals surface area contributed by atoms with Crippen LogP contribution in [0.25, 0.3) is 22.0 Å². The minimum absolute atomic E-state index is 0.123. The molecule has 0 spiro atoms. The van der Waals surface area contributed by atoms with Gasteiger partial charge in [0.05, 0.1) is 24.3 Å². The number of nitrogens with zero attached hydrogens (tertiary/aromatic N) is 5. The first-order chi connectivity index (χ1) is 22.7.